The summed E-state index contributed by atoms with van der Waals surface area (Å²) in [5.41, 5.74) is 8.95. The molecule has 0 bridgehead atoms. The number of benzene rings is 1. The first-order valence-corrected chi connectivity index (χ1v) is 9.90. The van der Waals surface area contributed by atoms with Gasteiger partial charge in [0.1, 0.15) is 28.2 Å². The average molecular weight is 426 g/mol. The molecule has 1 aliphatic rings. The lowest BCUT2D eigenvalue weighted by atomic mass is 9.83. The largest absolute Gasteiger partial charge is 0.456 e. The highest BCUT2D eigenvalue weighted by molar-refractivity contribution is 6.30. The number of carbonyl (C=O) groups is 1. The van der Waals surface area contributed by atoms with Crippen LogP contribution < -0.4 is 5.73 Å². The maximum atomic E-state index is 13.1. The molecule has 2 aromatic rings. The number of aromatic nitrogens is 1. The van der Waals surface area contributed by atoms with Crippen molar-refractivity contribution in [3.05, 3.63) is 62.8 Å². The molecule has 0 radical (unpaired) electrons. The first-order chi connectivity index (χ1) is 13.9. The van der Waals surface area contributed by atoms with Gasteiger partial charge in [0.25, 0.3) is 0 Å². The number of carbonyl (C=O) groups excluding carboxylic acids is 1. The quantitative estimate of drug-likeness (QED) is 0.541. The molecule has 2 heterocycles. The van der Waals surface area contributed by atoms with Crippen LogP contribution in [0.1, 0.15) is 50.3 Å². The summed E-state index contributed by atoms with van der Waals surface area (Å²) >= 11 is 6.55. The number of nitrogens with zero attached hydrogens (tertiary/aromatic N) is 2. The van der Waals surface area contributed by atoms with Crippen LogP contribution in [0.4, 0.5) is 0 Å². The molecule has 0 fully saturated rings. The van der Waals surface area contributed by atoms with E-state index in [9.17, 15) is 10.1 Å². The topological polar surface area (TPSA) is 98.2 Å². The van der Waals surface area contributed by atoms with Crippen molar-refractivity contribution in [2.75, 3.05) is 0 Å². The highest BCUT2D eigenvalue weighted by atomic mass is 35.5. The Morgan fingerprint density at radius 3 is 2.47 bits per heavy atom. The van der Waals surface area contributed by atoms with Crippen LogP contribution in [-0.2, 0) is 14.3 Å². The van der Waals surface area contributed by atoms with Gasteiger partial charge in [-0.1, -0.05) is 11.6 Å². The first kappa shape index (κ1) is 21.7. The second kappa shape index (κ2) is 7.66. The van der Waals surface area contributed by atoms with Crippen molar-refractivity contribution in [1.82, 2.24) is 4.98 Å². The number of hydrogen-bond acceptors (Lipinski definition) is 6. The summed E-state index contributed by atoms with van der Waals surface area (Å²) in [5.74, 6) is -1.24. The minimum Gasteiger partial charge on any atom is -0.456 e. The molecule has 7 heteroatoms. The Bertz CT molecular complexity index is 1170. The van der Waals surface area contributed by atoms with Crippen molar-refractivity contribution in [2.24, 2.45) is 5.73 Å². The van der Waals surface area contributed by atoms with Crippen LogP contribution in [0.25, 0.3) is 10.9 Å². The highest BCUT2D eigenvalue weighted by Crippen LogP contribution is 2.43. The number of fused-ring (bicyclic) bond motifs is 1. The van der Waals surface area contributed by atoms with E-state index in [1.54, 1.807) is 27.7 Å². The fourth-order valence-electron chi connectivity index (χ4n) is 3.43. The van der Waals surface area contributed by atoms with Crippen molar-refractivity contribution in [2.45, 2.75) is 53.1 Å². The maximum Gasteiger partial charge on any atom is 0.338 e. The van der Waals surface area contributed by atoms with E-state index >= 15 is 0 Å². The lowest BCUT2D eigenvalue weighted by molar-refractivity contribution is -0.150. The Balaban J connectivity index is 2.26. The molecule has 3 rings (SSSR count). The summed E-state index contributed by atoms with van der Waals surface area (Å²) in [6.45, 7) is 10.9. The molecule has 30 heavy (non-hydrogen) atoms. The van der Waals surface area contributed by atoms with E-state index in [1.165, 1.54) is 0 Å². The zero-order valence-corrected chi connectivity index (χ0v) is 18.6. The van der Waals surface area contributed by atoms with E-state index in [-0.39, 0.29) is 27.9 Å². The lowest BCUT2D eigenvalue weighted by Crippen LogP contribution is -2.30. The minimum atomic E-state index is -0.843. The van der Waals surface area contributed by atoms with Gasteiger partial charge in [-0.25, -0.2) is 9.78 Å². The number of halogens is 1. The number of nitrogens with two attached hydrogens (primary N) is 1. The number of esters is 1. The van der Waals surface area contributed by atoms with Crippen molar-refractivity contribution in [3.8, 4) is 6.07 Å². The van der Waals surface area contributed by atoms with Crippen LogP contribution in [0, 0.1) is 25.2 Å². The summed E-state index contributed by atoms with van der Waals surface area (Å²) in [6, 6.07) is 7.86. The van der Waals surface area contributed by atoms with E-state index in [0.717, 1.165) is 22.0 Å². The third-order valence-electron chi connectivity index (χ3n) is 4.95. The predicted molar refractivity (Wildman–Crippen MR) is 115 cm³/mol. The molecule has 1 aromatic carbocycles. The summed E-state index contributed by atoms with van der Waals surface area (Å²) < 4.78 is 11.1. The Morgan fingerprint density at radius 2 is 1.87 bits per heavy atom. The summed E-state index contributed by atoms with van der Waals surface area (Å²) in [7, 11) is 0. The van der Waals surface area contributed by atoms with Gasteiger partial charge in [0.15, 0.2) is 0 Å². The van der Waals surface area contributed by atoms with Crippen molar-refractivity contribution < 1.29 is 14.3 Å². The number of aryl methyl sites for hydroxylation is 2. The number of pyridine rings is 1. The van der Waals surface area contributed by atoms with Crippen LogP contribution in [0.3, 0.4) is 0 Å². The van der Waals surface area contributed by atoms with Gasteiger partial charge in [-0.05, 0) is 70.9 Å². The van der Waals surface area contributed by atoms with E-state index < -0.39 is 17.5 Å². The Morgan fingerprint density at radius 1 is 1.23 bits per heavy atom. The van der Waals surface area contributed by atoms with Gasteiger partial charge in [0.05, 0.1) is 17.0 Å². The molecular formula is C23H24ClN3O3. The summed E-state index contributed by atoms with van der Waals surface area (Å²) in [6.07, 6.45) is 0. The van der Waals surface area contributed by atoms with E-state index in [0.29, 0.717) is 5.56 Å². The van der Waals surface area contributed by atoms with Gasteiger partial charge >= 0.3 is 5.97 Å². The zero-order valence-electron chi connectivity index (χ0n) is 17.9. The second-order valence-electron chi connectivity index (χ2n) is 8.39. The van der Waals surface area contributed by atoms with E-state index in [1.807, 2.05) is 32.0 Å². The normalized spacial score (nSPS) is 17.1. The third kappa shape index (κ3) is 3.99. The van der Waals surface area contributed by atoms with Gasteiger partial charge < -0.3 is 15.2 Å². The smallest absolute Gasteiger partial charge is 0.338 e. The molecule has 0 amide bonds. The molecule has 1 unspecified atom stereocenters. The number of rotatable bonds is 2. The number of ether oxygens (including phenoxy) is 2. The summed E-state index contributed by atoms with van der Waals surface area (Å²) in [4.78, 5) is 17.6. The number of allylic oxidation sites excluding steroid dienone is 2. The van der Waals surface area contributed by atoms with Crippen molar-refractivity contribution in [3.63, 3.8) is 0 Å². The number of hydrogen-bond donors (Lipinski definition) is 1. The van der Waals surface area contributed by atoms with Crippen molar-refractivity contribution >= 4 is 28.5 Å². The van der Waals surface area contributed by atoms with Gasteiger partial charge in [0, 0.05) is 10.9 Å². The lowest BCUT2D eigenvalue weighted by Gasteiger charge is -2.29. The molecule has 2 N–H and O–H groups in total. The molecule has 1 atom stereocenters. The fourth-order valence-corrected chi connectivity index (χ4v) is 3.68. The van der Waals surface area contributed by atoms with Crippen LogP contribution in [-0.4, -0.2) is 16.6 Å². The molecule has 1 aromatic heterocycles. The van der Waals surface area contributed by atoms with Crippen molar-refractivity contribution in [1.29, 1.82) is 5.26 Å². The van der Waals surface area contributed by atoms with Crippen LogP contribution >= 0.6 is 11.6 Å². The van der Waals surface area contributed by atoms with Crippen LogP contribution in [0.2, 0.25) is 5.15 Å². The molecule has 0 saturated carbocycles. The maximum absolute atomic E-state index is 13.1. The fraction of sp³-hybridized carbons (Fsp3) is 0.348. The van der Waals surface area contributed by atoms with Gasteiger partial charge in [-0.2, -0.15) is 5.26 Å². The molecular weight excluding hydrogens is 402 g/mol. The Labute approximate surface area is 180 Å². The summed E-state index contributed by atoms with van der Waals surface area (Å²) in [5, 5.41) is 10.8. The SMILES string of the molecule is CC1=C(C(=O)OC(C)(C)C)C(c2cc3cc(C)c(C)cc3nc2Cl)C(C#N)=C(N)O1. The molecule has 0 aliphatic carbocycles. The Kier molecular flexibility index (Phi) is 5.53. The third-order valence-corrected chi connectivity index (χ3v) is 5.25. The molecule has 0 saturated heterocycles. The van der Waals surface area contributed by atoms with Gasteiger partial charge in [-0.3, -0.25) is 0 Å². The molecule has 0 spiro atoms. The molecule has 6 nitrogen and oxygen atoms in total. The average Bonchev–Trinajstić information content (AvgIpc) is 2.60. The first-order valence-electron chi connectivity index (χ1n) is 9.52. The van der Waals surface area contributed by atoms with Crippen LogP contribution in [0.5, 0.6) is 0 Å². The molecule has 1 aliphatic heterocycles. The second-order valence-corrected chi connectivity index (χ2v) is 8.75. The predicted octanol–water partition coefficient (Wildman–Crippen LogP) is 4.93. The highest BCUT2D eigenvalue weighted by Gasteiger charge is 2.39. The van der Waals surface area contributed by atoms with Gasteiger partial charge in [0.2, 0.25) is 5.88 Å². The number of nitriles is 1. The van der Waals surface area contributed by atoms with Gasteiger partial charge in [-0.15, -0.1) is 0 Å². The zero-order chi connectivity index (χ0) is 22.4. The minimum absolute atomic E-state index is 0.0661. The van der Waals surface area contributed by atoms with E-state index in [4.69, 9.17) is 26.8 Å². The van der Waals surface area contributed by atoms with E-state index in [2.05, 4.69) is 11.1 Å². The van der Waals surface area contributed by atoms with Crippen LogP contribution in [0.15, 0.2) is 41.0 Å². The Hall–Kier alpha value is -3.04. The monoisotopic (exact) mass is 425 g/mol. The standard InChI is InChI=1S/C23H24ClN3O3/c1-11-7-14-9-15(20(24)27-17(14)8-12(11)2)19-16(10-25)21(26)29-13(3)18(19)22(28)30-23(4,5)6/h7-9,19H,26H2,1-6H3. The molecule has 156 valence electrons.